The summed E-state index contributed by atoms with van der Waals surface area (Å²) < 4.78 is 5.16. The molecule has 0 radical (unpaired) electrons. The van der Waals surface area contributed by atoms with Gasteiger partial charge in [-0.1, -0.05) is 0 Å². The summed E-state index contributed by atoms with van der Waals surface area (Å²) in [6.07, 6.45) is 1.87. The Morgan fingerprint density at radius 2 is 1.61 bits per heavy atom. The second-order valence-electron chi connectivity index (χ2n) is 6.67. The van der Waals surface area contributed by atoms with E-state index >= 15 is 0 Å². The number of carbonyl (C=O) groups is 3. The van der Waals surface area contributed by atoms with Gasteiger partial charge in [0.25, 0.3) is 5.91 Å². The summed E-state index contributed by atoms with van der Waals surface area (Å²) in [4.78, 5) is 39.4. The van der Waals surface area contributed by atoms with Gasteiger partial charge >= 0.3 is 0 Å². The number of carbonyl (C=O) groups excluding carboxylic acids is 3. The molecule has 0 aliphatic carbocycles. The molecule has 2 aromatic rings. The van der Waals surface area contributed by atoms with Gasteiger partial charge in [-0.25, -0.2) is 0 Å². The smallest absolute Gasteiger partial charge is 0.289 e. The predicted molar refractivity (Wildman–Crippen MR) is 105 cm³/mol. The van der Waals surface area contributed by atoms with Crippen molar-refractivity contribution in [3.05, 3.63) is 48.4 Å². The Morgan fingerprint density at radius 3 is 2.18 bits per heavy atom. The van der Waals surface area contributed by atoms with Crippen LogP contribution in [-0.4, -0.2) is 60.2 Å². The van der Waals surface area contributed by atoms with Crippen LogP contribution in [0.5, 0.6) is 0 Å². The molecule has 1 aromatic heterocycles. The monoisotopic (exact) mass is 384 g/mol. The van der Waals surface area contributed by atoms with E-state index in [4.69, 9.17) is 4.42 Å². The zero-order valence-electron chi connectivity index (χ0n) is 15.8. The molecule has 8 nitrogen and oxygen atoms in total. The van der Waals surface area contributed by atoms with Crippen LogP contribution in [0.1, 0.15) is 23.9 Å². The third kappa shape index (κ3) is 5.43. The first-order chi connectivity index (χ1) is 13.5. The van der Waals surface area contributed by atoms with Crippen LogP contribution in [0, 0.1) is 0 Å². The number of hydrogen-bond acceptors (Lipinski definition) is 5. The number of benzene rings is 1. The van der Waals surface area contributed by atoms with Crippen molar-refractivity contribution in [2.24, 2.45) is 0 Å². The van der Waals surface area contributed by atoms with E-state index in [-0.39, 0.29) is 17.7 Å². The van der Waals surface area contributed by atoms with Gasteiger partial charge in [-0.3, -0.25) is 19.3 Å². The molecule has 1 aromatic carbocycles. The molecule has 0 saturated carbocycles. The van der Waals surface area contributed by atoms with Crippen molar-refractivity contribution in [1.82, 2.24) is 9.80 Å². The van der Waals surface area contributed by atoms with Crippen LogP contribution >= 0.6 is 0 Å². The van der Waals surface area contributed by atoms with Crippen molar-refractivity contribution in [2.75, 3.05) is 43.4 Å². The fraction of sp³-hybridized carbons (Fsp3) is 0.350. The van der Waals surface area contributed by atoms with Crippen LogP contribution in [-0.2, 0) is 9.59 Å². The molecule has 8 heteroatoms. The molecule has 28 heavy (non-hydrogen) atoms. The third-order valence-corrected chi connectivity index (χ3v) is 4.54. The van der Waals surface area contributed by atoms with Crippen LogP contribution in [0.15, 0.2) is 47.1 Å². The average Bonchev–Trinajstić information content (AvgIpc) is 3.22. The van der Waals surface area contributed by atoms with Crippen molar-refractivity contribution < 1.29 is 18.8 Å². The van der Waals surface area contributed by atoms with Crippen molar-refractivity contribution in [3.63, 3.8) is 0 Å². The Kier molecular flexibility index (Phi) is 6.44. The fourth-order valence-corrected chi connectivity index (χ4v) is 3.05. The van der Waals surface area contributed by atoms with Gasteiger partial charge in [0.05, 0.1) is 6.26 Å². The van der Waals surface area contributed by atoms with E-state index in [2.05, 4.69) is 15.5 Å². The number of amides is 3. The van der Waals surface area contributed by atoms with Gasteiger partial charge < -0.3 is 20.0 Å². The lowest BCUT2D eigenvalue weighted by atomic mass is 10.2. The predicted octanol–water partition coefficient (Wildman–Crippen LogP) is 2.02. The van der Waals surface area contributed by atoms with Gasteiger partial charge in [0.2, 0.25) is 11.8 Å². The molecule has 0 spiro atoms. The number of nitrogens with zero attached hydrogens (tertiary/aromatic N) is 2. The first kappa shape index (κ1) is 19.6. The van der Waals surface area contributed by atoms with Gasteiger partial charge in [0.1, 0.15) is 0 Å². The lowest BCUT2D eigenvalue weighted by Gasteiger charge is -2.34. The highest BCUT2D eigenvalue weighted by atomic mass is 16.3. The second-order valence-corrected chi connectivity index (χ2v) is 6.67. The molecular weight excluding hydrogens is 360 g/mol. The quantitative estimate of drug-likeness (QED) is 0.795. The molecule has 3 rings (SSSR count). The van der Waals surface area contributed by atoms with E-state index in [0.29, 0.717) is 43.2 Å². The van der Waals surface area contributed by atoms with E-state index in [1.54, 1.807) is 41.3 Å². The lowest BCUT2D eigenvalue weighted by molar-refractivity contribution is -0.116. The van der Waals surface area contributed by atoms with Crippen molar-refractivity contribution in [3.8, 4) is 0 Å². The normalized spacial score (nSPS) is 14.5. The molecule has 1 saturated heterocycles. The van der Waals surface area contributed by atoms with Gasteiger partial charge in [-0.05, 0) is 36.4 Å². The maximum atomic E-state index is 12.2. The number of anilines is 2. The zero-order valence-corrected chi connectivity index (χ0v) is 15.8. The van der Waals surface area contributed by atoms with Crippen LogP contribution in [0.25, 0.3) is 0 Å². The van der Waals surface area contributed by atoms with Crippen LogP contribution in [0.2, 0.25) is 0 Å². The number of hydrogen-bond donors (Lipinski definition) is 2. The maximum absolute atomic E-state index is 12.2. The molecule has 0 bridgehead atoms. The minimum atomic E-state index is -0.136. The fourth-order valence-electron chi connectivity index (χ4n) is 3.05. The van der Waals surface area contributed by atoms with E-state index in [9.17, 15) is 14.4 Å². The Labute approximate surface area is 163 Å². The van der Waals surface area contributed by atoms with E-state index < -0.39 is 0 Å². The summed E-state index contributed by atoms with van der Waals surface area (Å²) in [6, 6.07) is 10.4. The highest BCUT2D eigenvalue weighted by molar-refractivity contribution is 5.92. The van der Waals surface area contributed by atoms with Crippen molar-refractivity contribution in [2.45, 2.75) is 13.3 Å². The summed E-state index contributed by atoms with van der Waals surface area (Å²) in [5.74, 6) is 0.0616. The standard InChI is InChI=1S/C20H24N4O4/c1-15(25)21-16-4-6-17(7-5-16)22-19(26)8-9-23-10-12-24(13-11-23)20(27)18-3-2-14-28-18/h2-7,14H,8-13H2,1H3,(H,21,25)(H,22,26). The molecule has 3 amide bonds. The summed E-state index contributed by atoms with van der Waals surface area (Å²) in [6.45, 7) is 4.77. The minimum absolute atomic E-state index is 0.0682. The molecular formula is C20H24N4O4. The van der Waals surface area contributed by atoms with Crippen molar-refractivity contribution in [1.29, 1.82) is 0 Å². The molecule has 2 heterocycles. The Morgan fingerprint density at radius 1 is 0.964 bits per heavy atom. The molecule has 2 N–H and O–H groups in total. The highest BCUT2D eigenvalue weighted by Crippen LogP contribution is 2.14. The summed E-state index contributed by atoms with van der Waals surface area (Å²) in [5, 5.41) is 5.53. The highest BCUT2D eigenvalue weighted by Gasteiger charge is 2.23. The number of piperazine rings is 1. The summed E-state index contributed by atoms with van der Waals surface area (Å²) in [5.41, 5.74) is 1.38. The van der Waals surface area contributed by atoms with E-state index in [1.165, 1.54) is 13.2 Å². The van der Waals surface area contributed by atoms with Gasteiger partial charge in [0, 0.05) is 57.4 Å². The van der Waals surface area contributed by atoms with E-state index in [0.717, 1.165) is 13.1 Å². The van der Waals surface area contributed by atoms with Crippen LogP contribution in [0.4, 0.5) is 11.4 Å². The first-order valence-electron chi connectivity index (χ1n) is 9.24. The Balaban J connectivity index is 1.38. The average molecular weight is 384 g/mol. The molecule has 1 fully saturated rings. The third-order valence-electron chi connectivity index (χ3n) is 4.54. The topological polar surface area (TPSA) is 94.9 Å². The molecule has 1 aliphatic heterocycles. The maximum Gasteiger partial charge on any atom is 0.289 e. The van der Waals surface area contributed by atoms with Crippen molar-refractivity contribution >= 4 is 29.1 Å². The van der Waals surface area contributed by atoms with Gasteiger partial charge in [-0.15, -0.1) is 0 Å². The zero-order chi connectivity index (χ0) is 19.9. The number of nitrogens with one attached hydrogen (secondary N) is 2. The molecule has 0 unspecified atom stereocenters. The Hall–Kier alpha value is -3.13. The van der Waals surface area contributed by atoms with E-state index in [1.807, 2.05) is 0 Å². The SMILES string of the molecule is CC(=O)Nc1ccc(NC(=O)CCN2CCN(C(=O)c3ccco3)CC2)cc1. The van der Waals surface area contributed by atoms with Gasteiger partial charge in [0.15, 0.2) is 5.76 Å². The molecule has 148 valence electrons. The van der Waals surface area contributed by atoms with Gasteiger partial charge in [-0.2, -0.15) is 0 Å². The Bertz CT molecular complexity index is 809. The number of furan rings is 1. The van der Waals surface area contributed by atoms with Crippen LogP contribution in [0.3, 0.4) is 0 Å². The largest absolute Gasteiger partial charge is 0.459 e. The summed E-state index contributed by atoms with van der Waals surface area (Å²) in [7, 11) is 0. The lowest BCUT2D eigenvalue weighted by Crippen LogP contribution is -2.49. The minimum Gasteiger partial charge on any atom is -0.459 e. The van der Waals surface area contributed by atoms with Crippen LogP contribution < -0.4 is 10.6 Å². The second kappa shape index (κ2) is 9.18. The first-order valence-corrected chi connectivity index (χ1v) is 9.24. The number of rotatable bonds is 6. The molecule has 0 atom stereocenters. The molecule has 1 aliphatic rings. The summed E-state index contributed by atoms with van der Waals surface area (Å²) >= 11 is 0.